The van der Waals surface area contributed by atoms with Gasteiger partial charge in [-0.15, -0.1) is 0 Å². The average molecular weight is 330 g/mol. The van der Waals surface area contributed by atoms with E-state index in [0.29, 0.717) is 12.2 Å². The van der Waals surface area contributed by atoms with Crippen molar-refractivity contribution < 1.29 is 4.79 Å². The van der Waals surface area contributed by atoms with Gasteiger partial charge in [-0.05, 0) is 49.1 Å². The summed E-state index contributed by atoms with van der Waals surface area (Å²) in [5.41, 5.74) is 2.56. The fraction of sp³-hybridized carbons (Fsp3) is 0.333. The molecule has 1 aromatic carbocycles. The van der Waals surface area contributed by atoms with Crippen LogP contribution in [0.4, 0.5) is 5.69 Å². The first kappa shape index (κ1) is 15.8. The van der Waals surface area contributed by atoms with Crippen LogP contribution in [0, 0.1) is 0 Å². The van der Waals surface area contributed by atoms with Crippen molar-refractivity contribution >= 4 is 23.2 Å². The molecule has 1 aliphatic rings. The number of rotatable bonds is 4. The van der Waals surface area contributed by atoms with Crippen molar-refractivity contribution in [1.29, 1.82) is 0 Å². The van der Waals surface area contributed by atoms with Gasteiger partial charge in [0.15, 0.2) is 0 Å². The summed E-state index contributed by atoms with van der Waals surface area (Å²) < 4.78 is 0. The molecule has 0 radical (unpaired) electrons. The highest BCUT2D eigenvalue weighted by molar-refractivity contribution is 6.30. The van der Waals surface area contributed by atoms with Gasteiger partial charge in [-0.25, -0.2) is 4.98 Å². The van der Waals surface area contributed by atoms with Gasteiger partial charge in [0.05, 0.1) is 11.9 Å². The first-order valence-corrected chi connectivity index (χ1v) is 8.34. The summed E-state index contributed by atoms with van der Waals surface area (Å²) in [7, 11) is 0. The standard InChI is InChI=1S/C18H20ClN3O/c19-15-6-4-14(5-7-15)12-20-16-8-9-17(21-13-16)18(23)22-10-2-1-3-11-22/h4-9,13,20H,1-3,10-12H2. The van der Waals surface area contributed by atoms with Crippen LogP contribution in [0.1, 0.15) is 35.3 Å². The van der Waals surface area contributed by atoms with Crippen molar-refractivity contribution in [3.05, 3.63) is 58.9 Å². The Morgan fingerprint density at radius 3 is 2.48 bits per heavy atom. The molecule has 0 aliphatic carbocycles. The molecular formula is C18H20ClN3O. The number of hydrogen-bond donors (Lipinski definition) is 1. The molecule has 23 heavy (non-hydrogen) atoms. The second-order valence-electron chi connectivity index (χ2n) is 5.76. The monoisotopic (exact) mass is 329 g/mol. The van der Waals surface area contributed by atoms with E-state index in [2.05, 4.69) is 10.3 Å². The number of piperidine rings is 1. The number of carbonyl (C=O) groups excluding carboxylic acids is 1. The van der Waals surface area contributed by atoms with Crippen molar-refractivity contribution in [2.75, 3.05) is 18.4 Å². The van der Waals surface area contributed by atoms with Crippen LogP contribution in [0.5, 0.6) is 0 Å². The summed E-state index contributed by atoms with van der Waals surface area (Å²) in [5.74, 6) is 0.0361. The maximum atomic E-state index is 12.4. The number of nitrogens with zero attached hydrogens (tertiary/aromatic N) is 2. The fourth-order valence-corrected chi connectivity index (χ4v) is 2.82. The summed E-state index contributed by atoms with van der Waals surface area (Å²) in [6.45, 7) is 2.38. The van der Waals surface area contributed by atoms with E-state index in [1.54, 1.807) is 12.3 Å². The third-order valence-corrected chi connectivity index (χ3v) is 4.29. The molecule has 2 heterocycles. The molecule has 120 valence electrons. The Kier molecular flexibility index (Phi) is 5.13. The van der Waals surface area contributed by atoms with Crippen LogP contribution in [0.2, 0.25) is 5.02 Å². The predicted molar refractivity (Wildman–Crippen MR) is 92.8 cm³/mol. The Balaban J connectivity index is 1.58. The van der Waals surface area contributed by atoms with E-state index in [1.165, 1.54) is 6.42 Å². The highest BCUT2D eigenvalue weighted by Crippen LogP contribution is 2.15. The zero-order chi connectivity index (χ0) is 16.1. The summed E-state index contributed by atoms with van der Waals surface area (Å²) in [5, 5.41) is 4.03. The minimum atomic E-state index is 0.0361. The molecule has 0 spiro atoms. The first-order chi connectivity index (χ1) is 11.2. The Labute approximate surface area is 141 Å². The minimum absolute atomic E-state index is 0.0361. The Morgan fingerprint density at radius 1 is 1.09 bits per heavy atom. The second-order valence-corrected chi connectivity index (χ2v) is 6.20. The van der Waals surface area contributed by atoms with Gasteiger partial charge >= 0.3 is 0 Å². The highest BCUT2D eigenvalue weighted by atomic mass is 35.5. The maximum absolute atomic E-state index is 12.4. The van der Waals surface area contributed by atoms with Crippen molar-refractivity contribution in [3.63, 3.8) is 0 Å². The number of halogens is 1. The summed E-state index contributed by atoms with van der Waals surface area (Å²) >= 11 is 5.87. The van der Waals surface area contributed by atoms with Gasteiger partial charge < -0.3 is 10.2 Å². The molecule has 1 aromatic heterocycles. The van der Waals surface area contributed by atoms with Gasteiger partial charge in [-0.3, -0.25) is 4.79 Å². The van der Waals surface area contributed by atoms with Crippen molar-refractivity contribution in [2.45, 2.75) is 25.8 Å². The Morgan fingerprint density at radius 2 is 1.83 bits per heavy atom. The lowest BCUT2D eigenvalue weighted by Gasteiger charge is -2.26. The van der Waals surface area contributed by atoms with Crippen LogP contribution < -0.4 is 5.32 Å². The molecule has 1 saturated heterocycles. The zero-order valence-electron chi connectivity index (χ0n) is 13.0. The molecule has 1 fully saturated rings. The van der Waals surface area contributed by atoms with Gasteiger partial charge in [0, 0.05) is 24.7 Å². The average Bonchev–Trinajstić information content (AvgIpc) is 2.62. The second kappa shape index (κ2) is 7.47. The number of carbonyl (C=O) groups is 1. The number of aromatic nitrogens is 1. The fourth-order valence-electron chi connectivity index (χ4n) is 2.69. The molecular weight excluding hydrogens is 310 g/mol. The smallest absolute Gasteiger partial charge is 0.272 e. The van der Waals surface area contributed by atoms with Crippen LogP contribution in [-0.4, -0.2) is 28.9 Å². The van der Waals surface area contributed by atoms with Gasteiger partial charge in [0.2, 0.25) is 0 Å². The zero-order valence-corrected chi connectivity index (χ0v) is 13.7. The lowest BCUT2D eigenvalue weighted by Crippen LogP contribution is -2.36. The predicted octanol–water partition coefficient (Wildman–Crippen LogP) is 3.97. The van der Waals surface area contributed by atoms with Crippen LogP contribution in [0.3, 0.4) is 0 Å². The minimum Gasteiger partial charge on any atom is -0.380 e. The van der Waals surface area contributed by atoms with Gasteiger partial charge in [-0.1, -0.05) is 23.7 Å². The first-order valence-electron chi connectivity index (χ1n) is 7.96. The van der Waals surface area contributed by atoms with Crippen LogP contribution in [0.15, 0.2) is 42.6 Å². The van der Waals surface area contributed by atoms with Gasteiger partial charge in [0.1, 0.15) is 5.69 Å². The normalized spacial score (nSPS) is 14.6. The molecule has 1 amide bonds. The topological polar surface area (TPSA) is 45.2 Å². The molecule has 0 saturated carbocycles. The molecule has 0 bridgehead atoms. The van der Waals surface area contributed by atoms with Crippen molar-refractivity contribution in [3.8, 4) is 0 Å². The van der Waals surface area contributed by atoms with E-state index < -0.39 is 0 Å². The number of hydrogen-bond acceptors (Lipinski definition) is 3. The molecule has 0 unspecified atom stereocenters. The SMILES string of the molecule is O=C(c1ccc(NCc2ccc(Cl)cc2)cn1)N1CCCCC1. The number of amides is 1. The van der Waals surface area contributed by atoms with E-state index in [9.17, 15) is 4.79 Å². The van der Waals surface area contributed by atoms with Crippen LogP contribution >= 0.6 is 11.6 Å². The number of anilines is 1. The van der Waals surface area contributed by atoms with E-state index in [1.807, 2.05) is 35.2 Å². The number of benzene rings is 1. The molecule has 2 aromatic rings. The van der Waals surface area contributed by atoms with E-state index >= 15 is 0 Å². The van der Waals surface area contributed by atoms with Crippen molar-refractivity contribution in [2.24, 2.45) is 0 Å². The highest BCUT2D eigenvalue weighted by Gasteiger charge is 2.18. The molecule has 5 heteroatoms. The summed E-state index contributed by atoms with van der Waals surface area (Å²) in [4.78, 5) is 18.6. The van der Waals surface area contributed by atoms with Gasteiger partial charge in [0.25, 0.3) is 5.91 Å². The third kappa shape index (κ3) is 4.23. The lowest BCUT2D eigenvalue weighted by atomic mass is 10.1. The number of likely N-dealkylation sites (tertiary alicyclic amines) is 1. The largest absolute Gasteiger partial charge is 0.380 e. The Bertz CT molecular complexity index is 649. The maximum Gasteiger partial charge on any atom is 0.272 e. The van der Waals surface area contributed by atoms with Gasteiger partial charge in [-0.2, -0.15) is 0 Å². The van der Waals surface area contributed by atoms with E-state index in [-0.39, 0.29) is 5.91 Å². The number of nitrogens with one attached hydrogen (secondary N) is 1. The van der Waals surface area contributed by atoms with Crippen molar-refractivity contribution in [1.82, 2.24) is 9.88 Å². The number of pyridine rings is 1. The lowest BCUT2D eigenvalue weighted by molar-refractivity contribution is 0.0718. The molecule has 1 N–H and O–H groups in total. The van der Waals surface area contributed by atoms with Crippen LogP contribution in [0.25, 0.3) is 0 Å². The quantitative estimate of drug-likeness (QED) is 0.923. The molecule has 3 rings (SSSR count). The Hall–Kier alpha value is -2.07. The summed E-state index contributed by atoms with van der Waals surface area (Å²) in [6, 6.07) is 11.4. The van der Waals surface area contributed by atoms with E-state index in [4.69, 9.17) is 11.6 Å². The summed E-state index contributed by atoms with van der Waals surface area (Å²) in [6.07, 6.45) is 5.11. The molecule has 4 nitrogen and oxygen atoms in total. The van der Waals surface area contributed by atoms with E-state index in [0.717, 1.165) is 42.2 Å². The molecule has 1 aliphatic heterocycles. The molecule has 0 atom stereocenters. The third-order valence-electron chi connectivity index (χ3n) is 4.04. The van der Waals surface area contributed by atoms with Crippen LogP contribution in [-0.2, 0) is 6.54 Å².